The van der Waals surface area contributed by atoms with E-state index in [0.29, 0.717) is 19.8 Å². The highest BCUT2D eigenvalue weighted by atomic mass is 127. The summed E-state index contributed by atoms with van der Waals surface area (Å²) in [4.78, 5) is 6.60. The van der Waals surface area contributed by atoms with Gasteiger partial charge in [0.05, 0.1) is 25.9 Å². The Bertz CT molecular complexity index is 715. The van der Waals surface area contributed by atoms with Crippen LogP contribution in [-0.2, 0) is 16.0 Å². The highest BCUT2D eigenvalue weighted by molar-refractivity contribution is 14.0. The summed E-state index contributed by atoms with van der Waals surface area (Å²) >= 11 is 0. The maximum absolute atomic E-state index is 5.96. The van der Waals surface area contributed by atoms with Gasteiger partial charge in [0.2, 0.25) is 0 Å². The minimum atomic E-state index is 0. The number of halogens is 1. The number of guanidine groups is 1. The molecule has 1 saturated heterocycles. The number of nitrogens with zero attached hydrogens (tertiary/aromatic N) is 2. The van der Waals surface area contributed by atoms with Crippen molar-refractivity contribution >= 4 is 40.9 Å². The zero-order valence-electron chi connectivity index (χ0n) is 14.9. The molecule has 0 aliphatic carbocycles. The van der Waals surface area contributed by atoms with Crippen molar-refractivity contribution in [1.82, 2.24) is 10.2 Å². The van der Waals surface area contributed by atoms with Crippen LogP contribution < -0.4 is 5.32 Å². The minimum Gasteiger partial charge on any atom is -0.459 e. The Morgan fingerprint density at radius 1 is 1.40 bits per heavy atom. The van der Waals surface area contributed by atoms with Gasteiger partial charge in [-0.2, -0.15) is 0 Å². The molecule has 1 N–H and O–H groups in total. The number of fused-ring (bicyclic) bond motifs is 1. The van der Waals surface area contributed by atoms with Crippen molar-refractivity contribution < 1.29 is 13.9 Å². The Morgan fingerprint density at radius 3 is 2.92 bits per heavy atom. The van der Waals surface area contributed by atoms with Crippen molar-refractivity contribution in [1.29, 1.82) is 0 Å². The van der Waals surface area contributed by atoms with Gasteiger partial charge in [0.25, 0.3) is 0 Å². The Labute approximate surface area is 165 Å². The van der Waals surface area contributed by atoms with Gasteiger partial charge in [0.15, 0.2) is 5.96 Å². The molecule has 1 aliphatic heterocycles. The largest absolute Gasteiger partial charge is 0.459 e. The fourth-order valence-corrected chi connectivity index (χ4v) is 3.08. The number of aryl methyl sites for hydroxylation is 1. The van der Waals surface area contributed by atoms with E-state index < -0.39 is 0 Å². The van der Waals surface area contributed by atoms with Crippen LogP contribution in [0.1, 0.15) is 11.3 Å². The van der Waals surface area contributed by atoms with Crippen LogP contribution >= 0.6 is 24.0 Å². The van der Waals surface area contributed by atoms with E-state index in [1.54, 1.807) is 14.2 Å². The highest BCUT2D eigenvalue weighted by Crippen LogP contribution is 2.24. The zero-order valence-corrected chi connectivity index (χ0v) is 17.3. The Hall–Kier alpha value is -1.32. The van der Waals surface area contributed by atoms with Crippen molar-refractivity contribution in [2.24, 2.45) is 4.99 Å². The number of benzene rings is 1. The standard InChI is InChI=1S/C18H25N3O3.HI/c1-13-15-6-4-5-7-16(15)24-17(13)10-20-18(19-2)21-8-9-23-14(11-21)12-22-3;/h4-7,14H,8-12H2,1-3H3,(H,19,20);1H. The number of morpholine rings is 1. The molecule has 138 valence electrons. The summed E-state index contributed by atoms with van der Waals surface area (Å²) < 4.78 is 16.9. The third kappa shape index (κ3) is 4.65. The molecule has 1 aromatic heterocycles. The van der Waals surface area contributed by atoms with Crippen molar-refractivity contribution in [3.05, 3.63) is 35.6 Å². The number of furan rings is 1. The van der Waals surface area contributed by atoms with E-state index in [4.69, 9.17) is 13.9 Å². The number of methoxy groups -OCH3 is 1. The van der Waals surface area contributed by atoms with E-state index in [2.05, 4.69) is 28.2 Å². The van der Waals surface area contributed by atoms with Crippen molar-refractivity contribution in [3.8, 4) is 0 Å². The van der Waals surface area contributed by atoms with Crippen molar-refractivity contribution in [3.63, 3.8) is 0 Å². The number of para-hydroxylation sites is 1. The molecule has 25 heavy (non-hydrogen) atoms. The summed E-state index contributed by atoms with van der Waals surface area (Å²) in [6.45, 7) is 5.56. The van der Waals surface area contributed by atoms with Crippen molar-refractivity contribution in [2.45, 2.75) is 19.6 Å². The number of aliphatic imine (C=N–C) groups is 1. The van der Waals surface area contributed by atoms with E-state index in [-0.39, 0.29) is 30.1 Å². The van der Waals surface area contributed by atoms with E-state index in [1.807, 2.05) is 18.2 Å². The van der Waals surface area contributed by atoms with Crippen LogP contribution in [0.2, 0.25) is 0 Å². The molecule has 1 atom stereocenters. The van der Waals surface area contributed by atoms with E-state index in [9.17, 15) is 0 Å². The molecular weight excluding hydrogens is 433 g/mol. The first kappa shape index (κ1) is 20.0. The molecule has 6 nitrogen and oxygen atoms in total. The van der Waals surface area contributed by atoms with E-state index in [1.165, 1.54) is 5.56 Å². The molecule has 0 saturated carbocycles. The molecule has 1 aliphatic rings. The van der Waals surface area contributed by atoms with Crippen molar-refractivity contribution in [2.75, 3.05) is 40.5 Å². The SMILES string of the molecule is CN=C(NCc1oc2ccccc2c1C)N1CCOC(COC)C1.I. The molecule has 1 aromatic carbocycles. The van der Waals surface area contributed by atoms with Gasteiger partial charge in [-0.15, -0.1) is 24.0 Å². The molecule has 0 radical (unpaired) electrons. The van der Waals surface area contributed by atoms with E-state index >= 15 is 0 Å². The van der Waals surface area contributed by atoms with Gasteiger partial charge < -0.3 is 24.1 Å². The molecule has 0 bridgehead atoms. The predicted octanol–water partition coefficient (Wildman–Crippen LogP) is 2.78. The first-order valence-electron chi connectivity index (χ1n) is 8.26. The Balaban J connectivity index is 0.00000225. The lowest BCUT2D eigenvalue weighted by molar-refractivity contribution is -0.0447. The van der Waals surface area contributed by atoms with Crippen LogP contribution in [0.5, 0.6) is 0 Å². The van der Waals surface area contributed by atoms with Crippen LogP contribution in [0.15, 0.2) is 33.7 Å². The topological polar surface area (TPSA) is 59.2 Å². The molecule has 3 rings (SSSR count). The summed E-state index contributed by atoms with van der Waals surface area (Å²) in [5, 5.41) is 4.57. The molecule has 2 heterocycles. The highest BCUT2D eigenvalue weighted by Gasteiger charge is 2.23. The van der Waals surface area contributed by atoms with Gasteiger partial charge in [-0.25, -0.2) is 0 Å². The normalized spacial score (nSPS) is 18.3. The Kier molecular flexibility index (Phi) is 7.52. The van der Waals surface area contributed by atoms with Gasteiger partial charge in [-0.1, -0.05) is 18.2 Å². The molecule has 0 amide bonds. The maximum atomic E-state index is 5.96. The molecule has 2 aromatic rings. The second-order valence-corrected chi connectivity index (χ2v) is 5.94. The third-order valence-corrected chi connectivity index (χ3v) is 4.35. The van der Waals surface area contributed by atoms with Gasteiger partial charge in [-0.05, 0) is 13.0 Å². The third-order valence-electron chi connectivity index (χ3n) is 4.35. The first-order valence-corrected chi connectivity index (χ1v) is 8.26. The molecular formula is C18H26IN3O3. The van der Waals surface area contributed by atoms with Gasteiger partial charge >= 0.3 is 0 Å². The van der Waals surface area contributed by atoms with Gasteiger partial charge in [0, 0.05) is 38.2 Å². The summed E-state index contributed by atoms with van der Waals surface area (Å²) in [5.41, 5.74) is 2.10. The summed E-state index contributed by atoms with van der Waals surface area (Å²) in [6, 6.07) is 8.11. The molecule has 7 heteroatoms. The molecule has 1 unspecified atom stereocenters. The second-order valence-electron chi connectivity index (χ2n) is 5.94. The van der Waals surface area contributed by atoms with Crippen LogP contribution in [0.25, 0.3) is 11.0 Å². The lowest BCUT2D eigenvalue weighted by Gasteiger charge is -2.34. The molecule has 0 spiro atoms. The maximum Gasteiger partial charge on any atom is 0.194 e. The summed E-state index contributed by atoms with van der Waals surface area (Å²) in [6.07, 6.45) is 0.0789. The number of nitrogens with one attached hydrogen (secondary N) is 1. The average Bonchev–Trinajstić information content (AvgIpc) is 2.93. The molecule has 1 fully saturated rings. The fraction of sp³-hybridized carbons (Fsp3) is 0.500. The smallest absolute Gasteiger partial charge is 0.194 e. The lowest BCUT2D eigenvalue weighted by atomic mass is 10.1. The number of hydrogen-bond donors (Lipinski definition) is 1. The van der Waals surface area contributed by atoms with E-state index in [0.717, 1.165) is 35.8 Å². The summed E-state index contributed by atoms with van der Waals surface area (Å²) in [5.74, 6) is 1.80. The predicted molar refractivity (Wildman–Crippen MR) is 110 cm³/mol. The van der Waals surface area contributed by atoms with Gasteiger partial charge in [-0.3, -0.25) is 4.99 Å². The lowest BCUT2D eigenvalue weighted by Crippen LogP contribution is -2.51. The fourth-order valence-electron chi connectivity index (χ4n) is 3.08. The van der Waals surface area contributed by atoms with Crippen LogP contribution in [-0.4, -0.2) is 57.4 Å². The monoisotopic (exact) mass is 459 g/mol. The Morgan fingerprint density at radius 2 is 2.20 bits per heavy atom. The van der Waals surface area contributed by atoms with Crippen LogP contribution in [0, 0.1) is 6.92 Å². The van der Waals surface area contributed by atoms with Gasteiger partial charge in [0.1, 0.15) is 11.3 Å². The number of rotatable bonds is 4. The zero-order chi connectivity index (χ0) is 16.9. The first-order chi connectivity index (χ1) is 11.7. The van der Waals surface area contributed by atoms with Crippen LogP contribution in [0.3, 0.4) is 0 Å². The van der Waals surface area contributed by atoms with Crippen LogP contribution in [0.4, 0.5) is 0 Å². The number of ether oxygens (including phenoxy) is 2. The second kappa shape index (κ2) is 9.40. The summed E-state index contributed by atoms with van der Waals surface area (Å²) in [7, 11) is 3.49. The number of hydrogen-bond acceptors (Lipinski definition) is 4. The minimum absolute atomic E-state index is 0. The average molecular weight is 459 g/mol. The quantitative estimate of drug-likeness (QED) is 0.433.